The van der Waals surface area contributed by atoms with Crippen LogP contribution in [-0.4, -0.2) is 36.1 Å². The van der Waals surface area contributed by atoms with Gasteiger partial charge in [-0.25, -0.2) is 18.2 Å². The van der Waals surface area contributed by atoms with Gasteiger partial charge in [-0.05, 0) is 35.4 Å². The van der Waals surface area contributed by atoms with Crippen LogP contribution in [0.5, 0.6) is 0 Å². The van der Waals surface area contributed by atoms with Crippen molar-refractivity contribution < 1.29 is 13.2 Å². The van der Waals surface area contributed by atoms with Crippen molar-refractivity contribution in [2.24, 2.45) is 5.73 Å². The number of nitrogens with two attached hydrogens (primary N) is 1. The molecule has 0 bridgehead atoms. The van der Waals surface area contributed by atoms with E-state index >= 15 is 0 Å². The Morgan fingerprint density at radius 1 is 1.07 bits per heavy atom. The van der Waals surface area contributed by atoms with Crippen LogP contribution in [0.25, 0.3) is 17.0 Å². The topological polar surface area (TPSA) is 97.8 Å². The van der Waals surface area contributed by atoms with E-state index in [1.54, 1.807) is 0 Å². The van der Waals surface area contributed by atoms with Gasteiger partial charge in [0, 0.05) is 41.9 Å². The molecular formula is C18H14F3N7. The summed E-state index contributed by atoms with van der Waals surface area (Å²) in [4.78, 5) is 4.63. The van der Waals surface area contributed by atoms with Gasteiger partial charge < -0.3 is 10.1 Å². The number of aromatic amines is 1. The maximum atomic E-state index is 14.3. The second-order valence-electron chi connectivity index (χ2n) is 6.85. The molecule has 0 spiro atoms. The maximum Gasteiger partial charge on any atom is 0.204 e. The lowest BCUT2D eigenvalue weighted by atomic mass is 9.80. The first-order chi connectivity index (χ1) is 13.5. The molecule has 1 aliphatic carbocycles. The number of nitrogens with one attached hydrogen (secondary N) is 1. The Bertz CT molecular complexity index is 1190. The van der Waals surface area contributed by atoms with E-state index in [-0.39, 0.29) is 5.56 Å². The smallest absolute Gasteiger partial charge is 0.204 e. The monoisotopic (exact) mass is 385 g/mol. The number of hydrogen-bond acceptors (Lipinski definition) is 5. The molecule has 1 aliphatic rings. The van der Waals surface area contributed by atoms with Gasteiger partial charge in [-0.15, -0.1) is 10.2 Å². The highest BCUT2D eigenvalue weighted by Gasteiger charge is 2.33. The summed E-state index contributed by atoms with van der Waals surface area (Å²) < 4.78 is 43.1. The zero-order chi connectivity index (χ0) is 19.4. The standard InChI is InChI=1S/C18H14F3N7/c19-11-6-13(21)12(20)4-9(11)10-5-15-16(7-14(10)22)28-2-1-8(3-17(28)23-15)18-24-26-27-25-18/h1-4,6,10,14H,5,7,22H2,(H,24,25,26,27)/t10-,14+/m1/s1. The molecule has 142 valence electrons. The molecule has 0 radical (unpaired) electrons. The minimum absolute atomic E-state index is 0.0709. The SMILES string of the molecule is N[C@H]1Cc2c(nc3cc(-c4nn[nH]n4)ccn23)C[C@@H]1c1cc(F)c(F)cc1F. The van der Waals surface area contributed by atoms with Crippen molar-refractivity contribution in [2.75, 3.05) is 0 Å². The number of imidazole rings is 1. The Balaban J connectivity index is 1.56. The largest absolute Gasteiger partial charge is 0.327 e. The number of benzene rings is 1. The highest BCUT2D eigenvalue weighted by molar-refractivity contribution is 5.61. The van der Waals surface area contributed by atoms with E-state index in [1.165, 1.54) is 0 Å². The Hall–Kier alpha value is -3.27. The number of nitrogens with zero attached hydrogens (tertiary/aromatic N) is 5. The van der Waals surface area contributed by atoms with Gasteiger partial charge in [-0.2, -0.15) is 5.21 Å². The number of halogens is 3. The molecule has 0 amide bonds. The Kier molecular flexibility index (Phi) is 3.69. The van der Waals surface area contributed by atoms with E-state index in [1.807, 2.05) is 22.7 Å². The van der Waals surface area contributed by atoms with Crippen molar-refractivity contribution in [3.05, 3.63) is 64.9 Å². The summed E-state index contributed by atoms with van der Waals surface area (Å²) in [6, 6.07) is 4.66. The summed E-state index contributed by atoms with van der Waals surface area (Å²) in [7, 11) is 0. The fraction of sp³-hybridized carbons (Fsp3) is 0.222. The lowest BCUT2D eigenvalue weighted by Crippen LogP contribution is -2.37. The first kappa shape index (κ1) is 16.9. The average molecular weight is 385 g/mol. The van der Waals surface area contributed by atoms with Crippen molar-refractivity contribution >= 4 is 5.65 Å². The van der Waals surface area contributed by atoms with Crippen molar-refractivity contribution in [1.82, 2.24) is 30.0 Å². The average Bonchev–Trinajstić information content (AvgIpc) is 3.31. The number of fused-ring (bicyclic) bond motifs is 3. The first-order valence-electron chi connectivity index (χ1n) is 8.65. The van der Waals surface area contributed by atoms with Crippen LogP contribution in [0.15, 0.2) is 30.5 Å². The van der Waals surface area contributed by atoms with Crippen LogP contribution in [0.3, 0.4) is 0 Å². The van der Waals surface area contributed by atoms with E-state index in [2.05, 4.69) is 25.6 Å². The number of aromatic nitrogens is 6. The normalized spacial score (nSPS) is 19.1. The van der Waals surface area contributed by atoms with Crippen LogP contribution in [0.2, 0.25) is 0 Å². The van der Waals surface area contributed by atoms with Crippen LogP contribution >= 0.6 is 0 Å². The quantitative estimate of drug-likeness (QED) is 0.515. The fourth-order valence-corrected chi connectivity index (χ4v) is 3.83. The molecule has 0 aliphatic heterocycles. The van der Waals surface area contributed by atoms with Gasteiger partial charge in [0.15, 0.2) is 11.6 Å². The first-order valence-corrected chi connectivity index (χ1v) is 8.65. The second-order valence-corrected chi connectivity index (χ2v) is 6.85. The number of rotatable bonds is 2. The summed E-state index contributed by atoms with van der Waals surface area (Å²) in [5.74, 6) is -3.15. The van der Waals surface area contributed by atoms with Crippen LogP contribution < -0.4 is 5.73 Å². The number of hydrogen-bond donors (Lipinski definition) is 2. The van der Waals surface area contributed by atoms with Crippen LogP contribution in [0, 0.1) is 17.5 Å². The number of H-pyrrole nitrogens is 1. The molecule has 5 rings (SSSR count). The predicted octanol–water partition coefficient (Wildman–Crippen LogP) is 2.14. The van der Waals surface area contributed by atoms with E-state index in [0.717, 1.165) is 23.0 Å². The molecule has 7 nitrogen and oxygen atoms in total. The third-order valence-corrected chi connectivity index (χ3v) is 5.21. The van der Waals surface area contributed by atoms with Crippen molar-refractivity contribution in [3.8, 4) is 11.4 Å². The fourth-order valence-electron chi connectivity index (χ4n) is 3.83. The minimum atomic E-state index is -1.21. The van der Waals surface area contributed by atoms with Gasteiger partial charge >= 0.3 is 0 Å². The second kappa shape index (κ2) is 6.13. The third kappa shape index (κ3) is 2.56. The highest BCUT2D eigenvalue weighted by atomic mass is 19.2. The zero-order valence-electron chi connectivity index (χ0n) is 14.4. The molecular weight excluding hydrogens is 371 g/mol. The van der Waals surface area contributed by atoms with E-state index in [0.29, 0.717) is 30.4 Å². The summed E-state index contributed by atoms with van der Waals surface area (Å²) in [6.07, 6.45) is 2.61. The summed E-state index contributed by atoms with van der Waals surface area (Å²) in [6.45, 7) is 0. The van der Waals surface area contributed by atoms with Crippen molar-refractivity contribution in [3.63, 3.8) is 0 Å². The summed E-state index contributed by atoms with van der Waals surface area (Å²) in [5.41, 5.74) is 9.44. The molecule has 1 aromatic carbocycles. The minimum Gasteiger partial charge on any atom is -0.327 e. The molecule has 10 heteroatoms. The number of tetrazole rings is 1. The summed E-state index contributed by atoms with van der Waals surface area (Å²) in [5, 5.41) is 13.9. The van der Waals surface area contributed by atoms with Gasteiger partial charge in [0.1, 0.15) is 11.5 Å². The van der Waals surface area contributed by atoms with E-state index < -0.39 is 29.4 Å². The molecule has 0 unspecified atom stereocenters. The van der Waals surface area contributed by atoms with E-state index in [4.69, 9.17) is 5.73 Å². The Morgan fingerprint density at radius 3 is 2.68 bits per heavy atom. The zero-order valence-corrected chi connectivity index (χ0v) is 14.4. The molecule has 0 saturated carbocycles. The highest BCUT2D eigenvalue weighted by Crippen LogP contribution is 2.34. The molecule has 3 heterocycles. The molecule has 3 aromatic heterocycles. The molecule has 2 atom stereocenters. The third-order valence-electron chi connectivity index (χ3n) is 5.21. The van der Waals surface area contributed by atoms with Crippen molar-refractivity contribution in [2.45, 2.75) is 24.8 Å². The molecule has 4 aromatic rings. The van der Waals surface area contributed by atoms with Gasteiger partial charge in [-0.1, -0.05) is 0 Å². The predicted molar refractivity (Wildman–Crippen MR) is 92.8 cm³/mol. The van der Waals surface area contributed by atoms with Gasteiger partial charge in [0.05, 0.1) is 5.69 Å². The molecule has 0 fully saturated rings. The molecule has 3 N–H and O–H groups in total. The molecule has 28 heavy (non-hydrogen) atoms. The van der Waals surface area contributed by atoms with Crippen LogP contribution in [0.1, 0.15) is 22.9 Å². The van der Waals surface area contributed by atoms with Crippen LogP contribution in [-0.2, 0) is 12.8 Å². The van der Waals surface area contributed by atoms with Crippen molar-refractivity contribution in [1.29, 1.82) is 0 Å². The van der Waals surface area contributed by atoms with Crippen LogP contribution in [0.4, 0.5) is 13.2 Å². The lowest BCUT2D eigenvalue weighted by Gasteiger charge is -2.29. The van der Waals surface area contributed by atoms with Gasteiger partial charge in [-0.3, -0.25) is 0 Å². The van der Waals surface area contributed by atoms with E-state index in [9.17, 15) is 13.2 Å². The Morgan fingerprint density at radius 2 is 1.89 bits per heavy atom. The maximum absolute atomic E-state index is 14.3. The number of pyridine rings is 1. The van der Waals surface area contributed by atoms with Gasteiger partial charge in [0.25, 0.3) is 0 Å². The van der Waals surface area contributed by atoms with Gasteiger partial charge in [0.2, 0.25) is 5.82 Å². The summed E-state index contributed by atoms with van der Waals surface area (Å²) >= 11 is 0. The molecule has 0 saturated heterocycles. The Labute approximate surface area is 156 Å². The lowest BCUT2D eigenvalue weighted by molar-refractivity contribution is 0.446.